The van der Waals surface area contributed by atoms with Crippen LogP contribution in [0.4, 0.5) is 0 Å². The third-order valence-electron chi connectivity index (χ3n) is 16.9. The van der Waals surface area contributed by atoms with Gasteiger partial charge < -0.3 is 33.8 Å². The molecule has 0 rings (SSSR count). The van der Waals surface area contributed by atoms with E-state index < -0.39 is 97.5 Å². The van der Waals surface area contributed by atoms with Crippen molar-refractivity contribution in [3.8, 4) is 0 Å². The SMILES string of the molecule is CC/C=C\C/C=C\C/C=C\C/C=C\C/C=C\C/C=C\CCC(=O)OC[C@H](COP(=O)(O)OC[C@@H](O)COP(=O)(O)OC[C@@H](COC(=O)CCCCCCC/C=C\CCCCCCCC)OC(=O)CCCCCCC/C=C\C/C=C\CCCCC)OC(=O)CCCCCCCCC/C=C\CCCCCC. The van der Waals surface area contributed by atoms with Crippen molar-refractivity contribution in [3.05, 3.63) is 122 Å². The van der Waals surface area contributed by atoms with Crippen molar-refractivity contribution in [1.82, 2.24) is 0 Å². The molecule has 0 aromatic rings. The standard InChI is InChI=1S/C85H146O17P2/c1-5-9-13-17-21-25-29-33-37-38-39-40-44-46-50-54-58-62-66-70-83(88)96-76-81(102-85(90)72-68-64-60-56-52-48-43-36-32-28-24-20-16-12-8-4)78-100-104(93,94)98-74-79(86)73-97-103(91,92)99-77-80(101-84(89)71-67-63-59-55-51-47-42-35-31-27-23-19-15-11-7-3)75-95-82(87)69-65-61-57-53-49-45-41-34-30-26-22-18-14-10-6-2/h9,13,21,23,25,27-28,32-35,37,39-42,46,50,58,62,79-81,86H,5-8,10-12,14-20,22,24,26,29-31,36,38,43-45,47-49,51-57,59-61,63-78H2,1-4H3,(H,91,92)(H,93,94)/b13-9-,25-21-,27-23-,32-28-,37-33-,40-39-,41-34-,42-35-,50-46-,62-58-/t79-,80+,81+/m0/s1. The third-order valence-corrected chi connectivity index (χ3v) is 18.8. The second-order valence-electron chi connectivity index (χ2n) is 27.0. The van der Waals surface area contributed by atoms with E-state index in [9.17, 15) is 43.2 Å². The van der Waals surface area contributed by atoms with E-state index in [4.69, 9.17) is 37.0 Å². The van der Waals surface area contributed by atoms with Crippen LogP contribution in [-0.4, -0.2) is 96.7 Å². The number of unbranched alkanes of at least 4 members (excludes halogenated alkanes) is 30. The highest BCUT2D eigenvalue weighted by Crippen LogP contribution is 2.45. The van der Waals surface area contributed by atoms with Crippen LogP contribution in [0.1, 0.15) is 336 Å². The molecule has 104 heavy (non-hydrogen) atoms. The number of aliphatic hydroxyl groups is 1. The molecule has 3 N–H and O–H groups in total. The van der Waals surface area contributed by atoms with Crippen molar-refractivity contribution < 1.29 is 80.2 Å². The normalized spacial score (nSPS) is 14.5. The van der Waals surface area contributed by atoms with E-state index in [1.54, 1.807) is 0 Å². The Hall–Kier alpha value is -4.54. The number of aliphatic hydroxyl groups excluding tert-OH is 1. The van der Waals surface area contributed by atoms with Gasteiger partial charge in [0.25, 0.3) is 0 Å². The Labute approximate surface area is 632 Å². The van der Waals surface area contributed by atoms with E-state index in [0.717, 1.165) is 167 Å². The first kappa shape index (κ1) is 99.5. The Morgan fingerprint density at radius 2 is 0.519 bits per heavy atom. The minimum Gasteiger partial charge on any atom is -0.462 e. The number of rotatable bonds is 76. The van der Waals surface area contributed by atoms with Crippen molar-refractivity contribution in [2.24, 2.45) is 0 Å². The number of phosphoric acid groups is 2. The Bertz CT molecular complexity index is 2440. The summed E-state index contributed by atoms with van der Waals surface area (Å²) in [5.74, 6) is -2.29. The largest absolute Gasteiger partial charge is 0.472 e. The zero-order valence-electron chi connectivity index (χ0n) is 65.4. The number of carbonyl (C=O) groups excluding carboxylic acids is 4. The summed E-state index contributed by atoms with van der Waals surface area (Å²) in [4.78, 5) is 73.0. The number of phosphoric ester groups is 2. The van der Waals surface area contributed by atoms with Gasteiger partial charge in [0, 0.05) is 25.7 Å². The first-order valence-electron chi connectivity index (χ1n) is 40.8. The van der Waals surface area contributed by atoms with Gasteiger partial charge in [0.05, 0.1) is 26.4 Å². The molecule has 0 bridgehead atoms. The highest BCUT2D eigenvalue weighted by Gasteiger charge is 2.30. The maximum absolute atomic E-state index is 13.1. The Morgan fingerprint density at radius 1 is 0.279 bits per heavy atom. The molecule has 598 valence electrons. The van der Waals surface area contributed by atoms with Gasteiger partial charge >= 0.3 is 39.5 Å². The molecule has 0 aromatic heterocycles. The smallest absolute Gasteiger partial charge is 0.462 e. The predicted molar refractivity (Wildman–Crippen MR) is 427 cm³/mol. The number of esters is 4. The molecule has 0 amide bonds. The second kappa shape index (κ2) is 76.6. The van der Waals surface area contributed by atoms with Crippen LogP contribution in [-0.2, 0) is 65.4 Å². The van der Waals surface area contributed by atoms with Crippen LogP contribution in [0, 0.1) is 0 Å². The molecular formula is C85H146O17P2. The lowest BCUT2D eigenvalue weighted by Crippen LogP contribution is -2.30. The van der Waals surface area contributed by atoms with Crippen LogP contribution in [0.5, 0.6) is 0 Å². The summed E-state index contributed by atoms with van der Waals surface area (Å²) in [5, 5.41) is 10.6. The fourth-order valence-electron chi connectivity index (χ4n) is 10.7. The van der Waals surface area contributed by atoms with Crippen molar-refractivity contribution in [1.29, 1.82) is 0 Å². The summed E-state index contributed by atoms with van der Waals surface area (Å²) in [7, 11) is -9.99. The second-order valence-corrected chi connectivity index (χ2v) is 29.9. The number of allylic oxidation sites excluding steroid dienone is 20. The lowest BCUT2D eigenvalue weighted by atomic mass is 10.1. The minimum absolute atomic E-state index is 0.0337. The highest BCUT2D eigenvalue weighted by atomic mass is 31.2. The molecule has 17 nitrogen and oxygen atoms in total. The van der Waals surface area contributed by atoms with Crippen molar-refractivity contribution in [2.45, 2.75) is 354 Å². The lowest BCUT2D eigenvalue weighted by molar-refractivity contribution is -0.161. The van der Waals surface area contributed by atoms with Crippen LogP contribution in [0.2, 0.25) is 0 Å². The molecule has 0 aliphatic heterocycles. The zero-order valence-corrected chi connectivity index (χ0v) is 67.2. The molecule has 5 atom stereocenters. The summed E-state index contributed by atoms with van der Waals surface area (Å²) < 4.78 is 68.6. The number of hydrogen-bond donors (Lipinski definition) is 3. The molecule has 0 aliphatic rings. The predicted octanol–water partition coefficient (Wildman–Crippen LogP) is 23.9. The van der Waals surface area contributed by atoms with E-state index in [2.05, 4.69) is 131 Å². The van der Waals surface area contributed by atoms with Gasteiger partial charge in [-0.15, -0.1) is 0 Å². The molecule has 0 saturated heterocycles. The van der Waals surface area contributed by atoms with E-state index >= 15 is 0 Å². The first-order valence-corrected chi connectivity index (χ1v) is 43.8. The van der Waals surface area contributed by atoms with E-state index in [0.29, 0.717) is 32.1 Å². The molecule has 0 spiro atoms. The van der Waals surface area contributed by atoms with Crippen LogP contribution < -0.4 is 0 Å². The quantitative estimate of drug-likeness (QED) is 0.0169. The van der Waals surface area contributed by atoms with Crippen LogP contribution in [0.25, 0.3) is 0 Å². The summed E-state index contributed by atoms with van der Waals surface area (Å²) >= 11 is 0. The Balaban J connectivity index is 5.44. The van der Waals surface area contributed by atoms with Crippen LogP contribution >= 0.6 is 15.6 Å². The first-order chi connectivity index (χ1) is 50.7. The maximum Gasteiger partial charge on any atom is 0.472 e. The Kier molecular flexibility index (Phi) is 73.3. The fraction of sp³-hybridized carbons (Fsp3) is 0.718. The van der Waals surface area contributed by atoms with Gasteiger partial charge in [0.15, 0.2) is 12.2 Å². The van der Waals surface area contributed by atoms with Crippen molar-refractivity contribution in [2.75, 3.05) is 39.6 Å². The van der Waals surface area contributed by atoms with Crippen LogP contribution in [0.3, 0.4) is 0 Å². The van der Waals surface area contributed by atoms with Gasteiger partial charge in [-0.1, -0.05) is 284 Å². The molecule has 0 fully saturated rings. The van der Waals surface area contributed by atoms with Gasteiger partial charge in [0.2, 0.25) is 0 Å². The number of hydrogen-bond acceptors (Lipinski definition) is 15. The topological polar surface area (TPSA) is 237 Å². The third kappa shape index (κ3) is 75.7. The summed E-state index contributed by atoms with van der Waals surface area (Å²) in [6, 6.07) is 0. The molecule has 0 aliphatic carbocycles. The zero-order chi connectivity index (χ0) is 76.0. The van der Waals surface area contributed by atoms with Crippen LogP contribution in [0.15, 0.2) is 122 Å². The fourth-order valence-corrected chi connectivity index (χ4v) is 12.3. The monoisotopic (exact) mass is 1500 g/mol. The van der Waals surface area contributed by atoms with Crippen molar-refractivity contribution in [3.63, 3.8) is 0 Å². The number of ether oxygens (including phenoxy) is 4. The number of carbonyl (C=O) groups is 4. The average molecular weight is 1500 g/mol. The molecule has 0 aromatic carbocycles. The Morgan fingerprint density at radius 3 is 0.865 bits per heavy atom. The average Bonchev–Trinajstić information content (AvgIpc) is 0.918. The summed E-state index contributed by atoms with van der Waals surface area (Å²) in [6.07, 6.45) is 84.7. The van der Waals surface area contributed by atoms with E-state index in [-0.39, 0.29) is 25.7 Å². The van der Waals surface area contributed by atoms with E-state index in [1.165, 1.54) is 83.5 Å². The van der Waals surface area contributed by atoms with E-state index in [1.807, 2.05) is 18.2 Å². The minimum atomic E-state index is -5.00. The molecule has 0 heterocycles. The highest BCUT2D eigenvalue weighted by molar-refractivity contribution is 7.47. The van der Waals surface area contributed by atoms with Gasteiger partial charge in [0.1, 0.15) is 19.3 Å². The molecule has 0 radical (unpaired) electrons. The molecule has 19 heteroatoms. The summed E-state index contributed by atoms with van der Waals surface area (Å²) in [6.45, 7) is 4.63. The van der Waals surface area contributed by atoms with Crippen molar-refractivity contribution >= 4 is 39.5 Å². The molecular weight excluding hydrogens is 1350 g/mol. The van der Waals surface area contributed by atoms with Gasteiger partial charge in [-0.2, -0.15) is 0 Å². The summed E-state index contributed by atoms with van der Waals surface area (Å²) in [5.41, 5.74) is 0. The van der Waals surface area contributed by atoms with Gasteiger partial charge in [-0.25, -0.2) is 9.13 Å². The van der Waals surface area contributed by atoms with Gasteiger partial charge in [-0.3, -0.25) is 37.3 Å². The lowest BCUT2D eigenvalue weighted by Gasteiger charge is -2.21. The maximum atomic E-state index is 13.1. The molecule has 0 saturated carbocycles. The molecule has 2 unspecified atom stereocenters. The van der Waals surface area contributed by atoms with Gasteiger partial charge in [-0.05, 0) is 148 Å².